The standard InChI is InChI=1S/C48H22F10N2/c49-37-35(38(50)42(54)45(57)41(37)53)33-21-31(27-15-11-25(12-16-27)23-7-3-1-4-8-23)29-19-20-30-32(28-17-13-26(14-18-28)24-9-5-2-6-10-24)22-34(60-48(30)47(29)59-33)36-39(51)43(55)46(58)44(56)40(36)52/h1-22H. The first-order valence-electron chi connectivity index (χ1n) is 18.1. The van der Waals surface area contributed by atoms with Gasteiger partial charge in [-0.3, -0.25) is 0 Å². The van der Waals surface area contributed by atoms with Crippen LogP contribution in [0.15, 0.2) is 133 Å². The zero-order chi connectivity index (χ0) is 42.0. The molecule has 2 heterocycles. The van der Waals surface area contributed by atoms with Crippen LogP contribution in [0, 0.1) is 58.2 Å². The monoisotopic (exact) mass is 816 g/mol. The van der Waals surface area contributed by atoms with Gasteiger partial charge >= 0.3 is 0 Å². The quantitative estimate of drug-likeness (QED) is 0.0723. The Hall–Kier alpha value is -7.34. The topological polar surface area (TPSA) is 25.8 Å². The Morgan fingerprint density at radius 3 is 0.850 bits per heavy atom. The average Bonchev–Trinajstić information content (AvgIpc) is 3.29. The Bertz CT molecular complexity index is 2900. The Morgan fingerprint density at radius 2 is 0.533 bits per heavy atom. The van der Waals surface area contributed by atoms with Crippen molar-refractivity contribution in [1.82, 2.24) is 9.97 Å². The highest BCUT2D eigenvalue weighted by Gasteiger charge is 2.30. The second-order valence-corrected chi connectivity index (χ2v) is 13.7. The predicted molar refractivity (Wildman–Crippen MR) is 209 cm³/mol. The Labute approximate surface area is 333 Å². The Morgan fingerprint density at radius 1 is 0.267 bits per heavy atom. The molecule has 0 aliphatic carbocycles. The van der Waals surface area contributed by atoms with Crippen LogP contribution in [-0.2, 0) is 0 Å². The van der Waals surface area contributed by atoms with Gasteiger partial charge in [-0.15, -0.1) is 0 Å². The van der Waals surface area contributed by atoms with Crippen LogP contribution >= 0.6 is 0 Å². The van der Waals surface area contributed by atoms with E-state index in [2.05, 4.69) is 9.97 Å². The van der Waals surface area contributed by atoms with Crippen LogP contribution in [0.4, 0.5) is 43.9 Å². The molecule has 0 aliphatic heterocycles. The number of hydrogen-bond donors (Lipinski definition) is 0. The van der Waals surface area contributed by atoms with Crippen LogP contribution in [0.5, 0.6) is 0 Å². The number of hydrogen-bond acceptors (Lipinski definition) is 2. The van der Waals surface area contributed by atoms with Crippen LogP contribution in [-0.4, -0.2) is 9.97 Å². The molecule has 60 heavy (non-hydrogen) atoms. The molecule has 0 saturated carbocycles. The summed E-state index contributed by atoms with van der Waals surface area (Å²) in [6, 6.07) is 37.4. The molecule has 12 heteroatoms. The lowest BCUT2D eigenvalue weighted by Crippen LogP contribution is -2.06. The summed E-state index contributed by atoms with van der Waals surface area (Å²) in [6.45, 7) is 0. The minimum absolute atomic E-state index is 0.164. The molecule has 2 aromatic heterocycles. The number of benzene rings is 7. The first kappa shape index (κ1) is 38.2. The molecule has 0 atom stereocenters. The van der Waals surface area contributed by atoms with Gasteiger partial charge in [-0.2, -0.15) is 0 Å². The molecule has 0 spiro atoms. The van der Waals surface area contributed by atoms with Crippen molar-refractivity contribution in [3.05, 3.63) is 192 Å². The van der Waals surface area contributed by atoms with Gasteiger partial charge in [0.05, 0.1) is 33.5 Å². The Kier molecular flexibility index (Phi) is 9.42. The molecule has 0 fully saturated rings. The third kappa shape index (κ3) is 6.23. The first-order chi connectivity index (χ1) is 28.9. The van der Waals surface area contributed by atoms with E-state index in [1.807, 2.05) is 60.7 Å². The summed E-state index contributed by atoms with van der Waals surface area (Å²) in [5.74, 6) is -22.4. The van der Waals surface area contributed by atoms with E-state index in [1.165, 1.54) is 0 Å². The molecule has 294 valence electrons. The number of rotatable bonds is 6. The molecule has 0 amide bonds. The third-order valence-corrected chi connectivity index (χ3v) is 10.3. The highest BCUT2D eigenvalue weighted by Crippen LogP contribution is 2.42. The average molecular weight is 817 g/mol. The molecule has 0 N–H and O–H groups in total. The molecule has 0 bridgehead atoms. The summed E-state index contributed by atoms with van der Waals surface area (Å²) in [4.78, 5) is 8.76. The van der Waals surface area contributed by atoms with E-state index >= 15 is 17.6 Å². The van der Waals surface area contributed by atoms with Crippen LogP contribution in [0.1, 0.15) is 0 Å². The molecule has 0 radical (unpaired) electrons. The van der Waals surface area contributed by atoms with Crippen LogP contribution in [0.2, 0.25) is 0 Å². The van der Waals surface area contributed by atoms with Gasteiger partial charge in [0, 0.05) is 10.8 Å². The van der Waals surface area contributed by atoms with Gasteiger partial charge in [0.15, 0.2) is 46.5 Å². The van der Waals surface area contributed by atoms with E-state index in [1.54, 1.807) is 60.7 Å². The van der Waals surface area contributed by atoms with Gasteiger partial charge in [0.1, 0.15) is 0 Å². The highest BCUT2D eigenvalue weighted by atomic mass is 19.2. The first-order valence-corrected chi connectivity index (χ1v) is 18.1. The van der Waals surface area contributed by atoms with Crippen molar-refractivity contribution < 1.29 is 43.9 Å². The summed E-state index contributed by atoms with van der Waals surface area (Å²) in [7, 11) is 0. The summed E-state index contributed by atoms with van der Waals surface area (Å²) in [6.07, 6.45) is 0. The van der Waals surface area contributed by atoms with Crippen molar-refractivity contribution in [1.29, 1.82) is 0 Å². The molecule has 2 nitrogen and oxygen atoms in total. The lowest BCUT2D eigenvalue weighted by atomic mass is 9.92. The summed E-state index contributed by atoms with van der Waals surface area (Å²) < 4.78 is 150. The molecule has 7 aromatic carbocycles. The van der Waals surface area contributed by atoms with E-state index in [4.69, 9.17) is 0 Å². The number of halogens is 10. The SMILES string of the molecule is Fc1c(F)c(F)c(-c2cc(-c3ccc(-c4ccccc4)cc3)c3ccc4c(-c5ccc(-c6ccccc6)cc5)cc(-c5c(F)c(F)c(F)c(F)c5F)nc4c3n2)c(F)c1F. The van der Waals surface area contributed by atoms with Crippen LogP contribution in [0.3, 0.4) is 0 Å². The van der Waals surface area contributed by atoms with E-state index < -0.39 is 80.7 Å². The van der Waals surface area contributed by atoms with Crippen molar-refractivity contribution >= 4 is 21.8 Å². The molecule has 0 saturated heterocycles. The zero-order valence-corrected chi connectivity index (χ0v) is 30.4. The minimum atomic E-state index is -2.39. The maximum Gasteiger partial charge on any atom is 0.200 e. The molecule has 9 aromatic rings. The van der Waals surface area contributed by atoms with E-state index in [0.29, 0.717) is 11.1 Å². The minimum Gasteiger partial charge on any atom is -0.245 e. The normalized spacial score (nSPS) is 11.5. The van der Waals surface area contributed by atoms with Crippen molar-refractivity contribution in [3.8, 4) is 67.0 Å². The van der Waals surface area contributed by atoms with Crippen molar-refractivity contribution in [2.75, 3.05) is 0 Å². The number of nitrogens with zero attached hydrogens (tertiary/aromatic N) is 2. The molecular weight excluding hydrogens is 795 g/mol. The third-order valence-electron chi connectivity index (χ3n) is 10.3. The fourth-order valence-corrected chi connectivity index (χ4v) is 7.31. The number of pyridine rings is 2. The van der Waals surface area contributed by atoms with Crippen LogP contribution in [0.25, 0.3) is 88.8 Å². The second kappa shape index (κ2) is 14.8. The molecule has 0 aliphatic rings. The van der Waals surface area contributed by atoms with Gasteiger partial charge in [-0.1, -0.05) is 121 Å². The smallest absolute Gasteiger partial charge is 0.200 e. The lowest BCUT2D eigenvalue weighted by molar-refractivity contribution is 0.381. The lowest BCUT2D eigenvalue weighted by Gasteiger charge is -2.17. The van der Waals surface area contributed by atoms with Crippen molar-refractivity contribution in [3.63, 3.8) is 0 Å². The van der Waals surface area contributed by atoms with Crippen LogP contribution < -0.4 is 0 Å². The van der Waals surface area contributed by atoms with E-state index in [9.17, 15) is 26.3 Å². The van der Waals surface area contributed by atoms with Gasteiger partial charge in [-0.05, 0) is 56.6 Å². The summed E-state index contributed by atoms with van der Waals surface area (Å²) in [5.41, 5.74) is -0.372. The maximum atomic E-state index is 15.5. The van der Waals surface area contributed by atoms with E-state index in [0.717, 1.165) is 34.4 Å². The van der Waals surface area contributed by atoms with Gasteiger partial charge in [-0.25, -0.2) is 53.9 Å². The van der Waals surface area contributed by atoms with E-state index in [-0.39, 0.29) is 32.9 Å². The fourth-order valence-electron chi connectivity index (χ4n) is 7.31. The second-order valence-electron chi connectivity index (χ2n) is 13.7. The molecular formula is C48H22F10N2. The predicted octanol–water partition coefficient (Wildman–Crippen LogP) is 14.2. The van der Waals surface area contributed by atoms with Crippen molar-refractivity contribution in [2.24, 2.45) is 0 Å². The Balaban J connectivity index is 1.38. The van der Waals surface area contributed by atoms with Gasteiger partial charge in [0.25, 0.3) is 0 Å². The number of fused-ring (bicyclic) bond motifs is 3. The van der Waals surface area contributed by atoms with Gasteiger partial charge in [0.2, 0.25) is 11.6 Å². The summed E-state index contributed by atoms with van der Waals surface area (Å²) >= 11 is 0. The zero-order valence-electron chi connectivity index (χ0n) is 30.4. The maximum absolute atomic E-state index is 15.5. The van der Waals surface area contributed by atoms with Gasteiger partial charge < -0.3 is 0 Å². The molecule has 0 unspecified atom stereocenters. The highest BCUT2D eigenvalue weighted by molar-refractivity contribution is 6.13. The number of aromatic nitrogens is 2. The molecule has 9 rings (SSSR count). The summed E-state index contributed by atoms with van der Waals surface area (Å²) in [5, 5.41) is 0.380. The van der Waals surface area contributed by atoms with Crippen molar-refractivity contribution in [2.45, 2.75) is 0 Å². The largest absolute Gasteiger partial charge is 0.245 e. The fraction of sp³-hybridized carbons (Fsp3) is 0.